The van der Waals surface area contributed by atoms with Crippen molar-refractivity contribution < 1.29 is 19.4 Å². The average Bonchev–Trinajstić information content (AvgIpc) is 2.56. The van der Waals surface area contributed by atoms with Crippen molar-refractivity contribution in [3.8, 4) is 5.75 Å². The van der Waals surface area contributed by atoms with Crippen LogP contribution in [0.3, 0.4) is 0 Å². The van der Waals surface area contributed by atoms with Crippen LogP contribution >= 0.6 is 11.6 Å². The van der Waals surface area contributed by atoms with E-state index in [0.29, 0.717) is 36.0 Å². The molecule has 0 radical (unpaired) electrons. The van der Waals surface area contributed by atoms with Crippen molar-refractivity contribution in [3.05, 3.63) is 59.1 Å². The molecule has 0 atom stereocenters. The Morgan fingerprint density at radius 2 is 1.79 bits per heavy atom. The number of para-hydroxylation sites is 1. The number of carbonyl (C=O) groups excluding carboxylic acids is 1. The molecular weight excluding hydrogens is 332 g/mol. The van der Waals surface area contributed by atoms with Gasteiger partial charge in [-0.15, -0.1) is 0 Å². The van der Waals surface area contributed by atoms with Crippen LogP contribution in [0.25, 0.3) is 0 Å². The molecule has 0 fully saturated rings. The van der Waals surface area contributed by atoms with E-state index < -0.39 is 5.97 Å². The van der Waals surface area contributed by atoms with Crippen LogP contribution in [0.1, 0.15) is 16.8 Å². The van der Waals surface area contributed by atoms with Gasteiger partial charge in [0.2, 0.25) is 0 Å². The van der Waals surface area contributed by atoms with E-state index in [9.17, 15) is 9.59 Å². The van der Waals surface area contributed by atoms with Crippen molar-refractivity contribution in [1.82, 2.24) is 5.32 Å². The number of carboxylic acid groups (broad SMARTS) is 1. The first-order valence-electron chi connectivity index (χ1n) is 7.32. The molecule has 0 aliphatic rings. The Kier molecular flexibility index (Phi) is 6.45. The first kappa shape index (κ1) is 17.6. The molecule has 0 heterocycles. The predicted octanol–water partition coefficient (Wildman–Crippen LogP) is 3.63. The summed E-state index contributed by atoms with van der Waals surface area (Å²) in [6.07, 6.45) is 0.622. The van der Waals surface area contributed by atoms with Crippen molar-refractivity contribution in [3.63, 3.8) is 0 Å². The zero-order chi connectivity index (χ0) is 17.4. The third kappa shape index (κ3) is 5.48. The molecule has 3 N–H and O–H groups in total. The van der Waals surface area contributed by atoms with Crippen LogP contribution in [0, 0.1) is 0 Å². The lowest BCUT2D eigenvalue weighted by Gasteiger charge is -2.09. The van der Waals surface area contributed by atoms with Crippen LogP contribution in [-0.4, -0.2) is 30.3 Å². The van der Waals surface area contributed by atoms with Gasteiger partial charge in [-0.25, -0.2) is 9.59 Å². The van der Waals surface area contributed by atoms with Crippen LogP contribution < -0.4 is 15.4 Å². The second-order valence-electron chi connectivity index (χ2n) is 4.90. The van der Waals surface area contributed by atoms with Gasteiger partial charge >= 0.3 is 12.0 Å². The molecule has 0 aromatic heterocycles. The van der Waals surface area contributed by atoms with Gasteiger partial charge in [0.05, 0.1) is 17.2 Å². The number of rotatable bonds is 7. The highest BCUT2D eigenvalue weighted by atomic mass is 35.5. The van der Waals surface area contributed by atoms with Crippen molar-refractivity contribution >= 4 is 29.3 Å². The Balaban J connectivity index is 1.66. The summed E-state index contributed by atoms with van der Waals surface area (Å²) in [5, 5.41) is 14.7. The van der Waals surface area contributed by atoms with Crippen molar-refractivity contribution in [2.24, 2.45) is 0 Å². The van der Waals surface area contributed by atoms with Crippen molar-refractivity contribution in [2.45, 2.75) is 6.42 Å². The van der Waals surface area contributed by atoms with Gasteiger partial charge in [0.15, 0.2) is 0 Å². The van der Waals surface area contributed by atoms with Crippen LogP contribution in [0.4, 0.5) is 10.5 Å². The molecule has 0 aliphatic carbocycles. The van der Waals surface area contributed by atoms with E-state index in [4.69, 9.17) is 21.4 Å². The monoisotopic (exact) mass is 348 g/mol. The van der Waals surface area contributed by atoms with E-state index in [2.05, 4.69) is 10.6 Å². The first-order chi connectivity index (χ1) is 11.6. The largest absolute Gasteiger partial charge is 0.492 e. The number of aromatic carboxylic acids is 1. The lowest BCUT2D eigenvalue weighted by atomic mass is 10.2. The fourth-order valence-electron chi connectivity index (χ4n) is 1.89. The third-order valence-corrected chi connectivity index (χ3v) is 3.40. The highest BCUT2D eigenvalue weighted by Gasteiger charge is 2.04. The molecule has 2 amide bonds. The molecule has 0 spiro atoms. The maximum atomic E-state index is 11.7. The highest BCUT2D eigenvalue weighted by Crippen LogP contribution is 2.22. The Labute approximate surface area is 144 Å². The summed E-state index contributed by atoms with van der Waals surface area (Å²) in [5.41, 5.74) is 0.683. The smallest absolute Gasteiger partial charge is 0.335 e. The van der Waals surface area contributed by atoms with Gasteiger partial charge in [-0.3, -0.25) is 0 Å². The average molecular weight is 349 g/mol. The second kappa shape index (κ2) is 8.79. The maximum Gasteiger partial charge on any atom is 0.335 e. The fraction of sp³-hybridized carbons (Fsp3) is 0.176. The number of carboxylic acids is 1. The van der Waals surface area contributed by atoms with Gasteiger partial charge in [-0.2, -0.15) is 0 Å². The summed E-state index contributed by atoms with van der Waals surface area (Å²) >= 11 is 5.97. The topological polar surface area (TPSA) is 87.7 Å². The van der Waals surface area contributed by atoms with Crippen LogP contribution in [0.5, 0.6) is 5.75 Å². The number of hydrogen-bond donors (Lipinski definition) is 3. The standard InChI is InChI=1S/C17H17ClN2O4/c18-14-4-1-2-5-15(14)24-11-3-10-19-17(23)20-13-8-6-12(7-9-13)16(21)22/h1-2,4-9H,3,10-11H2,(H,21,22)(H2,19,20,23). The first-order valence-corrected chi connectivity index (χ1v) is 7.69. The number of carbonyl (C=O) groups is 2. The summed E-state index contributed by atoms with van der Waals surface area (Å²) in [5.74, 6) is -0.397. The molecule has 0 aliphatic heterocycles. The molecule has 2 aromatic rings. The van der Waals surface area contributed by atoms with E-state index in [1.807, 2.05) is 12.1 Å². The van der Waals surface area contributed by atoms with Crippen LogP contribution in [0.2, 0.25) is 5.02 Å². The summed E-state index contributed by atoms with van der Waals surface area (Å²) in [6, 6.07) is 12.7. The van der Waals surface area contributed by atoms with E-state index in [1.165, 1.54) is 24.3 Å². The van der Waals surface area contributed by atoms with Crippen LogP contribution in [0.15, 0.2) is 48.5 Å². The van der Waals surface area contributed by atoms with Gasteiger partial charge in [-0.05, 0) is 42.8 Å². The van der Waals surface area contributed by atoms with E-state index in [0.717, 1.165) is 0 Å². The lowest BCUT2D eigenvalue weighted by molar-refractivity contribution is 0.0697. The number of hydrogen-bond acceptors (Lipinski definition) is 3. The van der Waals surface area contributed by atoms with Gasteiger partial charge < -0.3 is 20.5 Å². The number of nitrogens with one attached hydrogen (secondary N) is 2. The minimum Gasteiger partial charge on any atom is -0.492 e. The minimum absolute atomic E-state index is 0.165. The predicted molar refractivity (Wildman–Crippen MR) is 92.0 cm³/mol. The molecule has 7 heteroatoms. The summed E-state index contributed by atoms with van der Waals surface area (Å²) in [7, 11) is 0. The van der Waals surface area contributed by atoms with E-state index in [-0.39, 0.29) is 11.6 Å². The molecule has 2 rings (SSSR count). The molecule has 0 unspecified atom stereocenters. The Bertz CT molecular complexity index is 704. The Morgan fingerprint density at radius 3 is 2.46 bits per heavy atom. The molecular formula is C17H17ClN2O4. The van der Waals surface area contributed by atoms with Gasteiger partial charge in [0, 0.05) is 12.2 Å². The van der Waals surface area contributed by atoms with Gasteiger partial charge in [-0.1, -0.05) is 23.7 Å². The van der Waals surface area contributed by atoms with Gasteiger partial charge in [0.1, 0.15) is 5.75 Å². The van der Waals surface area contributed by atoms with E-state index in [1.54, 1.807) is 12.1 Å². The number of halogens is 1. The Morgan fingerprint density at radius 1 is 1.08 bits per heavy atom. The molecule has 0 saturated carbocycles. The zero-order valence-electron chi connectivity index (χ0n) is 12.8. The summed E-state index contributed by atoms with van der Waals surface area (Å²) in [4.78, 5) is 22.5. The molecule has 0 saturated heterocycles. The SMILES string of the molecule is O=C(NCCCOc1ccccc1Cl)Nc1ccc(C(=O)O)cc1. The summed E-state index contributed by atoms with van der Waals surface area (Å²) in [6.45, 7) is 0.862. The number of amides is 2. The normalized spacial score (nSPS) is 10.0. The maximum absolute atomic E-state index is 11.7. The van der Waals surface area contributed by atoms with E-state index >= 15 is 0 Å². The molecule has 2 aromatic carbocycles. The Hall–Kier alpha value is -2.73. The minimum atomic E-state index is -1.01. The summed E-state index contributed by atoms with van der Waals surface area (Å²) < 4.78 is 5.51. The number of benzene rings is 2. The molecule has 0 bridgehead atoms. The van der Waals surface area contributed by atoms with Crippen LogP contribution in [-0.2, 0) is 0 Å². The molecule has 6 nitrogen and oxygen atoms in total. The van der Waals surface area contributed by atoms with Crippen molar-refractivity contribution in [1.29, 1.82) is 0 Å². The highest BCUT2D eigenvalue weighted by molar-refractivity contribution is 6.32. The van der Waals surface area contributed by atoms with Crippen molar-refractivity contribution in [2.75, 3.05) is 18.5 Å². The number of ether oxygens (including phenoxy) is 1. The van der Waals surface area contributed by atoms with Gasteiger partial charge in [0.25, 0.3) is 0 Å². The lowest BCUT2D eigenvalue weighted by Crippen LogP contribution is -2.30. The number of urea groups is 1. The molecule has 126 valence electrons. The zero-order valence-corrected chi connectivity index (χ0v) is 13.5. The quantitative estimate of drug-likeness (QED) is 0.667. The number of anilines is 1. The third-order valence-electron chi connectivity index (χ3n) is 3.09. The molecule has 24 heavy (non-hydrogen) atoms. The second-order valence-corrected chi connectivity index (χ2v) is 5.30. The fourth-order valence-corrected chi connectivity index (χ4v) is 2.08.